The van der Waals surface area contributed by atoms with Crippen molar-refractivity contribution in [3.63, 3.8) is 0 Å². The van der Waals surface area contributed by atoms with Gasteiger partial charge in [-0.2, -0.15) is 0 Å². The third-order valence-corrected chi connectivity index (χ3v) is 7.12. The Morgan fingerprint density at radius 2 is 2.00 bits per heavy atom. The second-order valence-electron chi connectivity index (χ2n) is 6.55. The summed E-state index contributed by atoms with van der Waals surface area (Å²) in [6.07, 6.45) is 3.56. The molecule has 1 aromatic carbocycles. The highest BCUT2D eigenvalue weighted by Crippen LogP contribution is 2.39. The van der Waals surface area contributed by atoms with E-state index in [1.807, 2.05) is 0 Å². The Morgan fingerprint density at radius 3 is 2.66 bits per heavy atom. The van der Waals surface area contributed by atoms with Crippen LogP contribution in [0.15, 0.2) is 24.3 Å². The van der Waals surface area contributed by atoms with E-state index in [1.165, 1.54) is 17.4 Å². The molecular weight excluding hydrogens is 436 g/mol. The molecule has 0 fully saturated rings. The minimum Gasteiger partial charge on any atom is -0.462 e. The number of hydrogen-bond donors (Lipinski definition) is 1. The molecule has 0 radical (unpaired) electrons. The molecule has 1 N–H and O–H groups in total. The number of aryl methyl sites for hydroxylation is 1. The van der Waals surface area contributed by atoms with Crippen molar-refractivity contribution in [3.8, 4) is 0 Å². The lowest BCUT2D eigenvalue weighted by atomic mass is 10.1. The van der Waals surface area contributed by atoms with Crippen LogP contribution in [0, 0.1) is 0 Å². The number of sulfonamides is 1. The number of rotatable bonds is 7. The van der Waals surface area contributed by atoms with Crippen LogP contribution in [-0.4, -0.2) is 39.7 Å². The summed E-state index contributed by atoms with van der Waals surface area (Å²) in [7, 11) is -3.76. The standard InChI is InChI=1S/C19H21ClN2O5S2/c1-3-27-19(24)17-12-7-6-10-15(12)28-18(17)21-16(23)11-22(29(2,25)26)14-9-5-4-8-13(14)20/h4-5,8-9H,3,6-7,10-11H2,1-2H3,(H,21,23). The molecule has 7 nitrogen and oxygen atoms in total. The summed E-state index contributed by atoms with van der Waals surface area (Å²) in [6, 6.07) is 6.39. The molecule has 1 aliphatic rings. The Morgan fingerprint density at radius 1 is 1.28 bits per heavy atom. The lowest BCUT2D eigenvalue weighted by Crippen LogP contribution is -2.37. The van der Waals surface area contributed by atoms with Crippen LogP contribution in [0.4, 0.5) is 10.7 Å². The molecule has 1 aromatic heterocycles. The van der Waals surface area contributed by atoms with Crippen molar-refractivity contribution in [2.24, 2.45) is 0 Å². The summed E-state index contributed by atoms with van der Waals surface area (Å²) < 4.78 is 30.6. The van der Waals surface area contributed by atoms with Crippen molar-refractivity contribution in [2.45, 2.75) is 26.2 Å². The topological polar surface area (TPSA) is 92.8 Å². The van der Waals surface area contributed by atoms with Crippen molar-refractivity contribution >= 4 is 55.5 Å². The molecule has 0 atom stereocenters. The van der Waals surface area contributed by atoms with E-state index in [-0.39, 0.29) is 17.3 Å². The number of nitrogens with one attached hydrogen (secondary N) is 1. The maximum absolute atomic E-state index is 12.7. The van der Waals surface area contributed by atoms with Gasteiger partial charge in [0.15, 0.2) is 0 Å². The van der Waals surface area contributed by atoms with Crippen molar-refractivity contribution in [3.05, 3.63) is 45.3 Å². The van der Waals surface area contributed by atoms with Gasteiger partial charge in [0.1, 0.15) is 11.5 Å². The number of para-hydroxylation sites is 1. The van der Waals surface area contributed by atoms with Crippen LogP contribution in [0.25, 0.3) is 0 Å². The van der Waals surface area contributed by atoms with Crippen LogP contribution in [0.5, 0.6) is 0 Å². The number of ether oxygens (including phenoxy) is 1. The zero-order valence-corrected chi connectivity index (χ0v) is 18.4. The molecular formula is C19H21ClN2O5S2. The maximum Gasteiger partial charge on any atom is 0.341 e. The van der Waals surface area contributed by atoms with Gasteiger partial charge < -0.3 is 10.1 Å². The van der Waals surface area contributed by atoms with Crippen LogP contribution >= 0.6 is 22.9 Å². The Hall–Kier alpha value is -2.10. The molecule has 0 aliphatic heterocycles. The smallest absolute Gasteiger partial charge is 0.341 e. The number of amides is 1. The highest BCUT2D eigenvalue weighted by molar-refractivity contribution is 7.92. The first-order valence-corrected chi connectivity index (χ1v) is 12.1. The number of anilines is 2. The number of nitrogens with zero attached hydrogens (tertiary/aromatic N) is 1. The molecule has 0 spiro atoms. The SMILES string of the molecule is CCOC(=O)c1c(NC(=O)CN(c2ccccc2Cl)S(C)(=O)=O)sc2c1CCC2. The summed E-state index contributed by atoms with van der Waals surface area (Å²) in [5, 5.41) is 3.31. The molecule has 1 heterocycles. The van der Waals surface area contributed by atoms with Gasteiger partial charge in [-0.3, -0.25) is 9.10 Å². The Labute approximate surface area is 178 Å². The van der Waals surface area contributed by atoms with E-state index in [0.717, 1.165) is 40.3 Å². The van der Waals surface area contributed by atoms with E-state index in [4.69, 9.17) is 16.3 Å². The van der Waals surface area contributed by atoms with Gasteiger partial charge in [-0.1, -0.05) is 23.7 Å². The Bertz CT molecular complexity index is 1050. The third kappa shape index (κ3) is 4.73. The van der Waals surface area contributed by atoms with Crippen molar-refractivity contribution in [2.75, 3.05) is 29.0 Å². The molecule has 2 aromatic rings. The number of fused-ring (bicyclic) bond motifs is 1. The minimum absolute atomic E-state index is 0.214. The fraction of sp³-hybridized carbons (Fsp3) is 0.368. The summed E-state index contributed by atoms with van der Waals surface area (Å²) in [5.74, 6) is -1.05. The summed E-state index contributed by atoms with van der Waals surface area (Å²) >= 11 is 7.46. The molecule has 29 heavy (non-hydrogen) atoms. The molecule has 156 valence electrons. The van der Waals surface area contributed by atoms with E-state index < -0.39 is 28.4 Å². The summed E-state index contributed by atoms with van der Waals surface area (Å²) in [4.78, 5) is 26.2. The summed E-state index contributed by atoms with van der Waals surface area (Å²) in [6.45, 7) is 1.48. The number of thiophene rings is 1. The number of halogens is 1. The number of esters is 1. The number of carbonyl (C=O) groups excluding carboxylic acids is 2. The van der Waals surface area contributed by atoms with Gasteiger partial charge in [0.05, 0.1) is 29.1 Å². The van der Waals surface area contributed by atoms with Crippen LogP contribution in [0.1, 0.15) is 34.1 Å². The van der Waals surface area contributed by atoms with Crippen LogP contribution < -0.4 is 9.62 Å². The Kier molecular flexibility index (Phi) is 6.50. The quantitative estimate of drug-likeness (QED) is 0.644. The van der Waals surface area contributed by atoms with Gasteiger partial charge in [-0.25, -0.2) is 13.2 Å². The number of carbonyl (C=O) groups is 2. The first-order valence-electron chi connectivity index (χ1n) is 9.06. The second-order valence-corrected chi connectivity index (χ2v) is 9.97. The van der Waals surface area contributed by atoms with E-state index in [9.17, 15) is 18.0 Å². The normalized spacial score (nSPS) is 13.1. The molecule has 0 unspecified atom stereocenters. The first-order chi connectivity index (χ1) is 13.7. The summed E-state index contributed by atoms with van der Waals surface area (Å²) in [5.41, 5.74) is 1.50. The predicted molar refractivity (Wildman–Crippen MR) is 115 cm³/mol. The largest absolute Gasteiger partial charge is 0.462 e. The molecule has 1 aliphatic carbocycles. The van der Waals surface area contributed by atoms with Gasteiger partial charge in [-0.15, -0.1) is 11.3 Å². The van der Waals surface area contributed by atoms with Gasteiger partial charge in [0, 0.05) is 4.88 Å². The minimum atomic E-state index is -3.76. The highest BCUT2D eigenvalue weighted by atomic mass is 35.5. The lowest BCUT2D eigenvalue weighted by Gasteiger charge is -2.22. The number of benzene rings is 1. The monoisotopic (exact) mass is 456 g/mol. The van der Waals surface area contributed by atoms with E-state index in [2.05, 4.69) is 5.32 Å². The van der Waals surface area contributed by atoms with Gasteiger partial charge in [0.2, 0.25) is 15.9 Å². The van der Waals surface area contributed by atoms with Crippen LogP contribution in [0.3, 0.4) is 0 Å². The molecule has 1 amide bonds. The zero-order chi connectivity index (χ0) is 21.2. The predicted octanol–water partition coefficient (Wildman–Crippen LogP) is 3.47. The third-order valence-electron chi connectivity index (χ3n) is 4.46. The lowest BCUT2D eigenvalue weighted by molar-refractivity contribution is -0.114. The van der Waals surface area contributed by atoms with Crippen molar-refractivity contribution in [1.82, 2.24) is 0 Å². The fourth-order valence-electron chi connectivity index (χ4n) is 3.24. The van der Waals surface area contributed by atoms with Crippen molar-refractivity contribution in [1.29, 1.82) is 0 Å². The van der Waals surface area contributed by atoms with Gasteiger partial charge in [-0.05, 0) is 43.9 Å². The average Bonchev–Trinajstić information content (AvgIpc) is 3.20. The zero-order valence-electron chi connectivity index (χ0n) is 16.0. The van der Waals surface area contributed by atoms with E-state index in [1.54, 1.807) is 25.1 Å². The van der Waals surface area contributed by atoms with Crippen LogP contribution in [-0.2, 0) is 32.4 Å². The molecule has 0 bridgehead atoms. The van der Waals surface area contributed by atoms with E-state index >= 15 is 0 Å². The maximum atomic E-state index is 12.7. The molecule has 10 heteroatoms. The van der Waals surface area contributed by atoms with Gasteiger partial charge >= 0.3 is 5.97 Å². The number of hydrogen-bond acceptors (Lipinski definition) is 6. The highest BCUT2D eigenvalue weighted by Gasteiger charge is 2.29. The molecule has 0 saturated heterocycles. The van der Waals surface area contributed by atoms with Crippen molar-refractivity contribution < 1.29 is 22.7 Å². The molecule has 0 saturated carbocycles. The Balaban J connectivity index is 1.87. The average molecular weight is 457 g/mol. The second kappa shape index (κ2) is 8.73. The molecule has 3 rings (SSSR count). The van der Waals surface area contributed by atoms with Crippen LogP contribution in [0.2, 0.25) is 5.02 Å². The van der Waals surface area contributed by atoms with E-state index in [0.29, 0.717) is 10.6 Å². The van der Waals surface area contributed by atoms with Gasteiger partial charge in [0.25, 0.3) is 0 Å². The first kappa shape index (κ1) is 21.6. The fourth-order valence-corrected chi connectivity index (χ4v) is 5.69.